The number of oxime groups is 1. The van der Waals surface area contributed by atoms with E-state index in [2.05, 4.69) is 9.89 Å². The summed E-state index contributed by atoms with van der Waals surface area (Å²) in [7, 11) is 1.29. The third kappa shape index (κ3) is 3.85. The van der Waals surface area contributed by atoms with Crippen molar-refractivity contribution in [3.8, 4) is 0 Å². The monoisotopic (exact) mass is 218 g/mol. The number of carbonyl (C=O) groups excluding carboxylic acids is 1. The van der Waals surface area contributed by atoms with Crippen LogP contribution in [0.5, 0.6) is 0 Å². The number of hydrogen-bond donors (Lipinski definition) is 2. The van der Waals surface area contributed by atoms with Crippen molar-refractivity contribution in [1.82, 2.24) is 5.06 Å². The van der Waals surface area contributed by atoms with Gasteiger partial charge in [0.1, 0.15) is 0 Å². The second kappa shape index (κ2) is 5.67. The minimum atomic E-state index is -0.817. The van der Waals surface area contributed by atoms with E-state index in [9.17, 15) is 10.0 Å². The molecule has 0 aliphatic carbocycles. The van der Waals surface area contributed by atoms with Gasteiger partial charge in [-0.1, -0.05) is 5.16 Å². The highest BCUT2D eigenvalue weighted by molar-refractivity contribution is 5.90. The zero-order valence-corrected chi connectivity index (χ0v) is 9.52. The third-order valence-corrected chi connectivity index (χ3v) is 2.44. The SMILES string of the molecule is COC(=O)CCN(O)C(C)(C)/C(C)=N/O. The largest absolute Gasteiger partial charge is 0.469 e. The maximum Gasteiger partial charge on any atom is 0.306 e. The molecule has 0 saturated heterocycles. The van der Waals surface area contributed by atoms with Crippen LogP contribution in [-0.2, 0) is 9.53 Å². The molecule has 0 saturated carbocycles. The number of ether oxygens (including phenoxy) is 1. The van der Waals surface area contributed by atoms with Crippen molar-refractivity contribution in [2.75, 3.05) is 13.7 Å². The molecule has 0 heterocycles. The molecule has 6 heteroatoms. The second-order valence-electron chi connectivity index (χ2n) is 3.69. The molecule has 88 valence electrons. The first-order valence-corrected chi connectivity index (χ1v) is 4.58. The summed E-state index contributed by atoms with van der Waals surface area (Å²) in [5, 5.41) is 22.2. The van der Waals surface area contributed by atoms with Crippen LogP contribution >= 0.6 is 0 Å². The van der Waals surface area contributed by atoms with E-state index in [1.54, 1.807) is 20.8 Å². The first-order valence-electron chi connectivity index (χ1n) is 4.58. The lowest BCUT2D eigenvalue weighted by atomic mass is 9.99. The summed E-state index contributed by atoms with van der Waals surface area (Å²) in [5.74, 6) is -0.400. The molecular formula is C9H18N2O4. The molecule has 0 fully saturated rings. The lowest BCUT2D eigenvalue weighted by Gasteiger charge is -2.32. The van der Waals surface area contributed by atoms with Crippen LogP contribution in [0, 0.1) is 0 Å². The molecule has 6 nitrogen and oxygen atoms in total. The molecule has 0 rings (SSSR count). The number of esters is 1. The first-order chi connectivity index (χ1) is 6.86. The lowest BCUT2D eigenvalue weighted by Crippen LogP contribution is -2.48. The lowest BCUT2D eigenvalue weighted by molar-refractivity contribution is -0.155. The van der Waals surface area contributed by atoms with E-state index < -0.39 is 11.5 Å². The molecule has 0 bridgehead atoms. The summed E-state index contributed by atoms with van der Waals surface area (Å²) in [5.41, 5.74) is -0.460. The van der Waals surface area contributed by atoms with E-state index in [0.29, 0.717) is 5.71 Å². The summed E-state index contributed by atoms with van der Waals surface area (Å²) >= 11 is 0. The Morgan fingerprint density at radius 3 is 2.47 bits per heavy atom. The number of nitrogens with zero attached hydrogens (tertiary/aromatic N) is 2. The summed E-state index contributed by atoms with van der Waals surface area (Å²) in [6.07, 6.45) is 0.0785. The third-order valence-electron chi connectivity index (χ3n) is 2.44. The van der Waals surface area contributed by atoms with Crippen molar-refractivity contribution in [2.24, 2.45) is 5.16 Å². The van der Waals surface area contributed by atoms with E-state index in [1.165, 1.54) is 7.11 Å². The predicted molar refractivity (Wildman–Crippen MR) is 54.1 cm³/mol. The summed E-state index contributed by atoms with van der Waals surface area (Å²) < 4.78 is 4.44. The number of hydrogen-bond acceptors (Lipinski definition) is 6. The highest BCUT2D eigenvalue weighted by Crippen LogP contribution is 2.14. The zero-order valence-electron chi connectivity index (χ0n) is 9.52. The van der Waals surface area contributed by atoms with E-state index in [1.807, 2.05) is 0 Å². The molecule has 0 aliphatic rings. The topological polar surface area (TPSA) is 82.4 Å². The number of carbonyl (C=O) groups is 1. The Bertz CT molecular complexity index is 250. The van der Waals surface area contributed by atoms with Gasteiger partial charge in [-0.2, -0.15) is 5.06 Å². The van der Waals surface area contributed by atoms with E-state index in [0.717, 1.165) is 5.06 Å². The summed E-state index contributed by atoms with van der Waals surface area (Å²) in [6, 6.07) is 0. The maximum absolute atomic E-state index is 10.8. The Balaban J connectivity index is 4.31. The number of rotatable bonds is 5. The number of hydroxylamine groups is 2. The van der Waals surface area contributed by atoms with Gasteiger partial charge in [0.25, 0.3) is 0 Å². The average molecular weight is 218 g/mol. The van der Waals surface area contributed by atoms with Crippen LogP contribution in [-0.4, -0.2) is 46.4 Å². The van der Waals surface area contributed by atoms with Gasteiger partial charge in [-0.05, 0) is 20.8 Å². The zero-order chi connectivity index (χ0) is 12.1. The van der Waals surface area contributed by atoms with E-state index in [-0.39, 0.29) is 13.0 Å². The molecule has 0 aromatic carbocycles. The fourth-order valence-electron chi connectivity index (χ4n) is 0.888. The van der Waals surface area contributed by atoms with Crippen LogP contribution in [0.1, 0.15) is 27.2 Å². The first kappa shape index (κ1) is 13.9. The van der Waals surface area contributed by atoms with Crippen molar-refractivity contribution in [3.63, 3.8) is 0 Å². The standard InChI is InChI=1S/C9H18N2O4/c1-7(10-13)9(2,3)11(14)6-5-8(12)15-4/h13-14H,5-6H2,1-4H3/b10-7+. The number of methoxy groups -OCH3 is 1. The van der Waals surface area contributed by atoms with Crippen molar-refractivity contribution >= 4 is 11.7 Å². The highest BCUT2D eigenvalue weighted by Gasteiger charge is 2.29. The van der Waals surface area contributed by atoms with Gasteiger partial charge in [0.15, 0.2) is 0 Å². The van der Waals surface area contributed by atoms with Gasteiger partial charge in [0.05, 0.1) is 24.8 Å². The Kier molecular flexibility index (Phi) is 5.24. The Labute approximate surface area is 89.1 Å². The minimum absolute atomic E-state index is 0.0785. The molecule has 0 atom stereocenters. The quantitative estimate of drug-likeness (QED) is 0.309. The van der Waals surface area contributed by atoms with E-state index in [4.69, 9.17) is 5.21 Å². The average Bonchev–Trinajstić information content (AvgIpc) is 2.23. The van der Waals surface area contributed by atoms with Crippen LogP contribution in [0.2, 0.25) is 0 Å². The van der Waals surface area contributed by atoms with Crippen LogP contribution in [0.3, 0.4) is 0 Å². The summed E-state index contributed by atoms with van der Waals surface area (Å²) in [4.78, 5) is 10.8. The van der Waals surface area contributed by atoms with Gasteiger partial charge in [0, 0.05) is 6.54 Å². The van der Waals surface area contributed by atoms with Gasteiger partial charge in [0.2, 0.25) is 0 Å². The fourth-order valence-corrected chi connectivity index (χ4v) is 0.888. The molecule has 0 aliphatic heterocycles. The van der Waals surface area contributed by atoms with E-state index >= 15 is 0 Å². The predicted octanol–water partition coefficient (Wildman–Crippen LogP) is 0.869. The van der Waals surface area contributed by atoms with Crippen molar-refractivity contribution in [2.45, 2.75) is 32.7 Å². The molecular weight excluding hydrogens is 200 g/mol. The molecule has 0 unspecified atom stereocenters. The smallest absolute Gasteiger partial charge is 0.306 e. The molecule has 15 heavy (non-hydrogen) atoms. The van der Waals surface area contributed by atoms with Crippen molar-refractivity contribution in [3.05, 3.63) is 0 Å². The Hall–Kier alpha value is -1.14. The fraction of sp³-hybridized carbons (Fsp3) is 0.778. The van der Waals surface area contributed by atoms with Crippen LogP contribution < -0.4 is 0 Å². The molecule has 0 radical (unpaired) electrons. The molecule has 0 aromatic heterocycles. The molecule has 0 amide bonds. The molecule has 2 N–H and O–H groups in total. The van der Waals surface area contributed by atoms with Gasteiger partial charge in [-0.25, -0.2) is 0 Å². The highest BCUT2D eigenvalue weighted by atomic mass is 16.5. The summed E-state index contributed by atoms with van der Waals surface area (Å²) in [6.45, 7) is 5.06. The van der Waals surface area contributed by atoms with Gasteiger partial charge >= 0.3 is 5.97 Å². The molecule has 0 spiro atoms. The van der Waals surface area contributed by atoms with Gasteiger partial charge < -0.3 is 15.2 Å². The second-order valence-corrected chi connectivity index (χ2v) is 3.69. The van der Waals surface area contributed by atoms with Crippen LogP contribution in [0.4, 0.5) is 0 Å². The maximum atomic E-state index is 10.8. The van der Waals surface area contributed by atoms with Crippen LogP contribution in [0.25, 0.3) is 0 Å². The Morgan fingerprint density at radius 2 is 2.07 bits per heavy atom. The van der Waals surface area contributed by atoms with Crippen molar-refractivity contribution in [1.29, 1.82) is 0 Å². The van der Waals surface area contributed by atoms with Crippen LogP contribution in [0.15, 0.2) is 5.16 Å². The Morgan fingerprint density at radius 1 is 1.53 bits per heavy atom. The van der Waals surface area contributed by atoms with Gasteiger partial charge in [-0.15, -0.1) is 0 Å². The van der Waals surface area contributed by atoms with Gasteiger partial charge in [-0.3, -0.25) is 4.79 Å². The van der Waals surface area contributed by atoms with Crippen molar-refractivity contribution < 1.29 is 19.9 Å². The normalized spacial score (nSPS) is 13.1. The minimum Gasteiger partial charge on any atom is -0.469 e. The molecule has 0 aromatic rings.